The average Bonchev–Trinajstić information content (AvgIpc) is 3.21. The van der Waals surface area contributed by atoms with Gasteiger partial charge in [0.05, 0.1) is 16.6 Å². The van der Waals surface area contributed by atoms with Gasteiger partial charge in [-0.2, -0.15) is 0 Å². The van der Waals surface area contributed by atoms with Crippen LogP contribution in [-0.2, 0) is 6.54 Å². The number of hydrogen-bond donors (Lipinski definition) is 2. The normalized spacial score (nSPS) is 17.8. The Morgan fingerprint density at radius 1 is 1.38 bits per heavy atom. The number of H-pyrrole nitrogens is 1. The van der Waals surface area contributed by atoms with Crippen molar-refractivity contribution in [3.05, 3.63) is 53.3 Å². The maximum Gasteiger partial charge on any atom is 0.250 e. The molecule has 1 atom stereocenters. The zero-order valence-electron chi connectivity index (χ0n) is 14.6. The van der Waals surface area contributed by atoms with Crippen LogP contribution in [0.15, 0.2) is 36.4 Å². The standard InChI is InChI=1S/C20H21FN4O/c1-12-4-3-9-25(12)11-13-7-8-14(16(21)10-13)20-23-17-6-2-5-15(19(22)26)18(17)24-20/h2,5-8,10,12H,3-4,9,11H2,1H3,(H2,22,26)(H,23,24). The Kier molecular flexibility index (Phi) is 4.20. The number of likely N-dealkylation sites (tertiary alicyclic amines) is 1. The number of hydrogen-bond acceptors (Lipinski definition) is 3. The number of fused-ring (bicyclic) bond motifs is 1. The van der Waals surface area contributed by atoms with Gasteiger partial charge in [-0.15, -0.1) is 0 Å². The molecule has 5 nitrogen and oxygen atoms in total. The second-order valence-electron chi connectivity index (χ2n) is 6.93. The highest BCUT2D eigenvalue weighted by atomic mass is 19.1. The zero-order chi connectivity index (χ0) is 18.3. The lowest BCUT2D eigenvalue weighted by atomic mass is 10.1. The number of halogens is 1. The Morgan fingerprint density at radius 2 is 2.23 bits per heavy atom. The van der Waals surface area contributed by atoms with Gasteiger partial charge in [0.15, 0.2) is 0 Å². The highest BCUT2D eigenvalue weighted by molar-refractivity contribution is 6.04. The number of aromatic nitrogens is 2. The minimum atomic E-state index is -0.552. The molecule has 1 aliphatic heterocycles. The summed E-state index contributed by atoms with van der Waals surface area (Å²) in [5, 5.41) is 0. The Labute approximate surface area is 151 Å². The quantitative estimate of drug-likeness (QED) is 0.755. The van der Waals surface area contributed by atoms with E-state index in [0.717, 1.165) is 18.7 Å². The average molecular weight is 352 g/mol. The van der Waals surface area contributed by atoms with Crippen molar-refractivity contribution in [2.24, 2.45) is 5.73 Å². The van der Waals surface area contributed by atoms with Crippen LogP contribution < -0.4 is 5.73 Å². The van der Waals surface area contributed by atoms with E-state index >= 15 is 0 Å². The van der Waals surface area contributed by atoms with Gasteiger partial charge < -0.3 is 10.7 Å². The van der Waals surface area contributed by atoms with E-state index in [9.17, 15) is 9.18 Å². The van der Waals surface area contributed by atoms with Crippen molar-refractivity contribution in [2.45, 2.75) is 32.4 Å². The summed E-state index contributed by atoms with van der Waals surface area (Å²) in [6, 6.07) is 10.9. The summed E-state index contributed by atoms with van der Waals surface area (Å²) in [6.07, 6.45) is 2.39. The molecule has 6 heteroatoms. The molecule has 134 valence electrons. The molecule has 3 aromatic rings. The molecule has 0 spiro atoms. The number of para-hydroxylation sites is 1. The van der Waals surface area contributed by atoms with Gasteiger partial charge >= 0.3 is 0 Å². The highest BCUT2D eigenvalue weighted by Gasteiger charge is 2.21. The first-order chi connectivity index (χ1) is 12.5. The molecule has 26 heavy (non-hydrogen) atoms. The largest absolute Gasteiger partial charge is 0.366 e. The van der Waals surface area contributed by atoms with Crippen LogP contribution in [0.5, 0.6) is 0 Å². The van der Waals surface area contributed by atoms with Gasteiger partial charge in [0.2, 0.25) is 0 Å². The topological polar surface area (TPSA) is 75.0 Å². The van der Waals surface area contributed by atoms with Crippen LogP contribution in [0.25, 0.3) is 22.4 Å². The number of rotatable bonds is 4. The van der Waals surface area contributed by atoms with Gasteiger partial charge in [-0.3, -0.25) is 9.69 Å². The molecule has 0 radical (unpaired) electrons. The summed E-state index contributed by atoms with van der Waals surface area (Å²) >= 11 is 0. The van der Waals surface area contributed by atoms with Crippen LogP contribution in [0.2, 0.25) is 0 Å². The Bertz CT molecular complexity index is 981. The Hall–Kier alpha value is -2.73. The van der Waals surface area contributed by atoms with Crippen LogP contribution >= 0.6 is 0 Å². The summed E-state index contributed by atoms with van der Waals surface area (Å²) in [4.78, 5) is 21.4. The van der Waals surface area contributed by atoms with Crippen molar-refractivity contribution in [1.29, 1.82) is 0 Å². The number of carbonyl (C=O) groups is 1. The number of nitrogens with one attached hydrogen (secondary N) is 1. The number of amides is 1. The summed E-state index contributed by atoms with van der Waals surface area (Å²) in [5.41, 5.74) is 8.18. The van der Waals surface area contributed by atoms with E-state index in [1.54, 1.807) is 30.3 Å². The predicted octanol–water partition coefficient (Wildman–Crippen LogP) is 3.45. The molecule has 1 aliphatic rings. The summed E-state index contributed by atoms with van der Waals surface area (Å²) in [5.74, 6) is -0.481. The molecule has 4 rings (SSSR count). The van der Waals surface area contributed by atoms with Crippen molar-refractivity contribution in [1.82, 2.24) is 14.9 Å². The molecule has 2 heterocycles. The zero-order valence-corrected chi connectivity index (χ0v) is 14.6. The SMILES string of the molecule is CC1CCCN1Cc1ccc(-c2nc3c(C(N)=O)cccc3[nH]2)c(F)c1. The third kappa shape index (κ3) is 2.97. The molecule has 3 N–H and O–H groups in total. The molecule has 2 aromatic carbocycles. The van der Waals surface area contributed by atoms with Crippen molar-refractivity contribution in [2.75, 3.05) is 6.54 Å². The number of carbonyl (C=O) groups excluding carboxylic acids is 1. The van der Waals surface area contributed by atoms with Gasteiger partial charge in [-0.25, -0.2) is 9.37 Å². The van der Waals surface area contributed by atoms with Gasteiger partial charge in [-0.1, -0.05) is 12.1 Å². The lowest BCUT2D eigenvalue weighted by Crippen LogP contribution is -2.26. The van der Waals surface area contributed by atoms with Gasteiger partial charge in [-0.05, 0) is 56.1 Å². The predicted molar refractivity (Wildman–Crippen MR) is 99.1 cm³/mol. The third-order valence-electron chi connectivity index (χ3n) is 5.14. The Balaban J connectivity index is 1.66. The fourth-order valence-corrected chi connectivity index (χ4v) is 3.67. The molecule has 0 bridgehead atoms. The minimum absolute atomic E-state index is 0.324. The van der Waals surface area contributed by atoms with Crippen LogP contribution in [0, 0.1) is 5.82 Å². The maximum atomic E-state index is 14.7. The monoisotopic (exact) mass is 352 g/mol. The number of nitrogens with zero attached hydrogens (tertiary/aromatic N) is 2. The second-order valence-corrected chi connectivity index (χ2v) is 6.93. The van der Waals surface area contributed by atoms with Crippen LogP contribution in [-0.4, -0.2) is 33.4 Å². The van der Waals surface area contributed by atoms with Gasteiger partial charge in [0.1, 0.15) is 17.2 Å². The molecule has 1 unspecified atom stereocenters. The number of benzene rings is 2. The van der Waals surface area contributed by atoms with E-state index in [1.807, 2.05) is 6.07 Å². The maximum absolute atomic E-state index is 14.7. The van der Waals surface area contributed by atoms with Crippen molar-refractivity contribution < 1.29 is 9.18 Å². The number of nitrogens with two attached hydrogens (primary N) is 1. The van der Waals surface area contributed by atoms with E-state index in [-0.39, 0.29) is 5.82 Å². The van der Waals surface area contributed by atoms with Crippen LogP contribution in [0.1, 0.15) is 35.7 Å². The van der Waals surface area contributed by atoms with E-state index < -0.39 is 5.91 Å². The van der Waals surface area contributed by atoms with Crippen LogP contribution in [0.4, 0.5) is 4.39 Å². The molecule has 0 aliphatic carbocycles. The number of primary amides is 1. The van der Waals surface area contributed by atoms with Crippen molar-refractivity contribution >= 4 is 16.9 Å². The number of aromatic amines is 1. The first-order valence-corrected chi connectivity index (χ1v) is 8.84. The van der Waals surface area contributed by atoms with Gasteiger partial charge in [0.25, 0.3) is 5.91 Å². The van der Waals surface area contributed by atoms with E-state index in [4.69, 9.17) is 5.73 Å². The fraction of sp³-hybridized carbons (Fsp3) is 0.300. The lowest BCUT2D eigenvalue weighted by Gasteiger charge is -2.21. The molecule has 0 saturated carbocycles. The Morgan fingerprint density at radius 3 is 2.92 bits per heavy atom. The smallest absolute Gasteiger partial charge is 0.250 e. The van der Waals surface area contributed by atoms with Crippen molar-refractivity contribution in [3.63, 3.8) is 0 Å². The van der Waals surface area contributed by atoms with E-state index in [2.05, 4.69) is 21.8 Å². The van der Waals surface area contributed by atoms with E-state index in [1.165, 1.54) is 12.8 Å². The summed E-state index contributed by atoms with van der Waals surface area (Å²) in [7, 11) is 0. The van der Waals surface area contributed by atoms with E-state index in [0.29, 0.717) is 34.0 Å². The molecule has 1 aromatic heterocycles. The molecular formula is C20H21FN4O. The number of imidazole rings is 1. The molecule has 1 saturated heterocycles. The fourth-order valence-electron chi connectivity index (χ4n) is 3.67. The lowest BCUT2D eigenvalue weighted by molar-refractivity contribution is 0.100. The summed E-state index contributed by atoms with van der Waals surface area (Å²) in [6.45, 7) is 4.02. The van der Waals surface area contributed by atoms with Crippen molar-refractivity contribution in [3.8, 4) is 11.4 Å². The minimum Gasteiger partial charge on any atom is -0.366 e. The van der Waals surface area contributed by atoms with Crippen LogP contribution in [0.3, 0.4) is 0 Å². The first kappa shape index (κ1) is 16.7. The third-order valence-corrected chi connectivity index (χ3v) is 5.14. The second kappa shape index (κ2) is 6.53. The molecule has 1 amide bonds. The molecule has 1 fully saturated rings. The summed E-state index contributed by atoms with van der Waals surface area (Å²) < 4.78 is 14.7. The first-order valence-electron chi connectivity index (χ1n) is 8.84. The molecular weight excluding hydrogens is 331 g/mol. The highest BCUT2D eigenvalue weighted by Crippen LogP contribution is 2.27. The van der Waals surface area contributed by atoms with Gasteiger partial charge in [0, 0.05) is 12.6 Å².